The van der Waals surface area contributed by atoms with Crippen LogP contribution in [0.1, 0.15) is 40.7 Å². The summed E-state index contributed by atoms with van der Waals surface area (Å²) in [7, 11) is 0. The van der Waals surface area contributed by atoms with E-state index in [-0.39, 0.29) is 29.3 Å². The highest BCUT2D eigenvalue weighted by Gasteiger charge is 2.41. The summed E-state index contributed by atoms with van der Waals surface area (Å²) < 4.78 is 40.5. The van der Waals surface area contributed by atoms with Crippen molar-refractivity contribution in [3.8, 4) is 0 Å². The number of ketones is 1. The van der Waals surface area contributed by atoms with Crippen molar-refractivity contribution in [3.05, 3.63) is 64.5 Å². The highest BCUT2D eigenvalue weighted by Crippen LogP contribution is 2.43. The van der Waals surface area contributed by atoms with E-state index >= 15 is 0 Å². The molecule has 1 aliphatic carbocycles. The van der Waals surface area contributed by atoms with Gasteiger partial charge in [0.1, 0.15) is 23.1 Å². The third kappa shape index (κ3) is 3.86. The number of rotatable bonds is 2. The van der Waals surface area contributed by atoms with Crippen LogP contribution in [0.15, 0.2) is 30.3 Å². The lowest BCUT2D eigenvalue weighted by Gasteiger charge is -2.44. The van der Waals surface area contributed by atoms with Crippen molar-refractivity contribution < 1.29 is 22.8 Å². The van der Waals surface area contributed by atoms with Crippen LogP contribution in [0.2, 0.25) is 0 Å². The Morgan fingerprint density at radius 3 is 2.40 bits per heavy atom. The summed E-state index contributed by atoms with van der Waals surface area (Å²) in [6.45, 7) is 0.923. The lowest BCUT2D eigenvalue weighted by atomic mass is 9.66. The van der Waals surface area contributed by atoms with E-state index in [0.717, 1.165) is 17.7 Å². The van der Waals surface area contributed by atoms with Gasteiger partial charge in [0.25, 0.3) is 0 Å². The second-order valence-corrected chi connectivity index (χ2v) is 8.20. The maximum Gasteiger partial charge on any atom is 0.317 e. The number of nitrogens with zero attached hydrogens (tertiary/aromatic N) is 1. The Labute approximate surface area is 172 Å². The van der Waals surface area contributed by atoms with Gasteiger partial charge in [-0.15, -0.1) is 0 Å². The van der Waals surface area contributed by atoms with Gasteiger partial charge < -0.3 is 16.0 Å². The molecule has 30 heavy (non-hydrogen) atoms. The highest BCUT2D eigenvalue weighted by molar-refractivity contribution is 5.99. The largest absolute Gasteiger partial charge is 0.394 e. The Morgan fingerprint density at radius 1 is 1.07 bits per heavy atom. The number of urea groups is 1. The predicted molar refractivity (Wildman–Crippen MR) is 105 cm³/mol. The number of nitrogens with two attached hydrogens (primary N) is 1. The average Bonchev–Trinajstić information content (AvgIpc) is 2.71. The molecule has 0 aromatic heterocycles. The second-order valence-electron chi connectivity index (χ2n) is 8.20. The van der Waals surface area contributed by atoms with Crippen LogP contribution in [0, 0.1) is 22.9 Å². The lowest BCUT2D eigenvalue weighted by Crippen LogP contribution is -2.49. The number of nitrogens with one attached hydrogen (secondary N) is 1. The number of carbonyl (C=O) groups excluding carboxylic acids is 2. The van der Waals surface area contributed by atoms with Crippen LogP contribution in [0.5, 0.6) is 0 Å². The summed E-state index contributed by atoms with van der Waals surface area (Å²) in [5.41, 5.74) is 6.09. The number of nitrogen functional groups attached to an aromatic ring is 1. The van der Waals surface area contributed by atoms with E-state index in [1.54, 1.807) is 11.0 Å². The van der Waals surface area contributed by atoms with Gasteiger partial charge in [-0.25, -0.2) is 18.0 Å². The molecule has 0 saturated carbocycles. The number of hydrogen-bond donors (Lipinski definition) is 2. The van der Waals surface area contributed by atoms with Crippen molar-refractivity contribution in [1.29, 1.82) is 0 Å². The molecule has 1 fully saturated rings. The third-order valence-corrected chi connectivity index (χ3v) is 6.17. The smallest absolute Gasteiger partial charge is 0.317 e. The lowest BCUT2D eigenvalue weighted by molar-refractivity contribution is 0.0735. The quantitative estimate of drug-likeness (QED) is 0.730. The summed E-state index contributed by atoms with van der Waals surface area (Å²) in [5, 5.41) is 2.67. The van der Waals surface area contributed by atoms with Crippen LogP contribution in [-0.2, 0) is 13.0 Å². The first kappa shape index (κ1) is 20.3. The van der Waals surface area contributed by atoms with E-state index in [1.165, 1.54) is 12.1 Å². The summed E-state index contributed by atoms with van der Waals surface area (Å²) in [6.07, 6.45) is 2.36. The molecule has 0 unspecified atom stereocenters. The molecule has 1 spiro atoms. The van der Waals surface area contributed by atoms with Gasteiger partial charge in [-0.05, 0) is 60.1 Å². The van der Waals surface area contributed by atoms with E-state index in [9.17, 15) is 22.8 Å². The molecular weight excluding hydrogens is 395 g/mol. The maximum absolute atomic E-state index is 13.5. The van der Waals surface area contributed by atoms with Gasteiger partial charge in [0.15, 0.2) is 5.78 Å². The fraction of sp³-hybridized carbons (Fsp3) is 0.364. The van der Waals surface area contributed by atoms with Gasteiger partial charge in [0.2, 0.25) is 0 Å². The van der Waals surface area contributed by atoms with Crippen LogP contribution < -0.4 is 11.1 Å². The Morgan fingerprint density at radius 2 is 1.73 bits per heavy atom. The Hall–Kier alpha value is -3.03. The zero-order chi connectivity index (χ0) is 21.5. The van der Waals surface area contributed by atoms with Gasteiger partial charge in [0.05, 0.1) is 0 Å². The first-order valence-corrected chi connectivity index (χ1v) is 9.84. The molecule has 3 N–H and O–H groups in total. The van der Waals surface area contributed by atoms with E-state index in [4.69, 9.17) is 5.73 Å². The zero-order valence-electron chi connectivity index (χ0n) is 16.3. The molecule has 0 atom stereocenters. The summed E-state index contributed by atoms with van der Waals surface area (Å²) in [4.78, 5) is 26.6. The summed E-state index contributed by atoms with van der Waals surface area (Å²) >= 11 is 0. The molecule has 4 rings (SSSR count). The van der Waals surface area contributed by atoms with Gasteiger partial charge in [0, 0.05) is 31.6 Å². The van der Waals surface area contributed by atoms with E-state index < -0.39 is 23.1 Å². The zero-order valence-corrected chi connectivity index (χ0v) is 16.3. The minimum Gasteiger partial charge on any atom is -0.394 e. The number of halogens is 3. The number of benzene rings is 2. The first-order chi connectivity index (χ1) is 14.3. The van der Waals surface area contributed by atoms with Crippen molar-refractivity contribution in [1.82, 2.24) is 10.2 Å². The van der Waals surface area contributed by atoms with Crippen LogP contribution in [0.25, 0.3) is 0 Å². The van der Waals surface area contributed by atoms with Gasteiger partial charge in [-0.3, -0.25) is 4.79 Å². The van der Waals surface area contributed by atoms with Crippen LogP contribution in [0.3, 0.4) is 0 Å². The molecule has 158 valence electrons. The number of anilines is 1. The average molecular weight is 417 g/mol. The van der Waals surface area contributed by atoms with Gasteiger partial charge in [-0.2, -0.15) is 0 Å². The molecule has 0 radical (unpaired) electrons. The molecule has 1 heterocycles. The molecule has 2 aromatic rings. The molecule has 1 aliphatic heterocycles. The van der Waals surface area contributed by atoms with E-state index in [1.807, 2.05) is 0 Å². The van der Waals surface area contributed by atoms with Crippen LogP contribution in [-0.4, -0.2) is 29.8 Å². The van der Waals surface area contributed by atoms with Gasteiger partial charge >= 0.3 is 6.03 Å². The van der Waals surface area contributed by atoms with E-state index in [0.29, 0.717) is 44.3 Å². The normalized spacial score (nSPS) is 17.7. The van der Waals surface area contributed by atoms with Crippen LogP contribution in [0.4, 0.5) is 23.7 Å². The number of likely N-dealkylation sites (tertiary alicyclic amines) is 1. The number of amides is 2. The molecule has 2 aliphatic rings. The Bertz CT molecular complexity index is 994. The van der Waals surface area contributed by atoms with Crippen molar-refractivity contribution in [3.63, 3.8) is 0 Å². The van der Waals surface area contributed by atoms with E-state index in [2.05, 4.69) is 5.32 Å². The van der Waals surface area contributed by atoms with Crippen molar-refractivity contribution in [2.75, 3.05) is 18.8 Å². The van der Waals surface area contributed by atoms with Gasteiger partial charge in [-0.1, -0.05) is 6.07 Å². The minimum absolute atomic E-state index is 0.0218. The highest BCUT2D eigenvalue weighted by atomic mass is 19.1. The maximum atomic E-state index is 13.5. The molecule has 2 amide bonds. The predicted octanol–water partition coefficient (Wildman–Crippen LogP) is 3.81. The fourth-order valence-electron chi connectivity index (χ4n) is 4.43. The molecule has 2 aromatic carbocycles. The SMILES string of the molecule is Nc1c(F)cc(CNC(=O)N2CCC3(CC2)CC(=O)c2cc(F)ccc2C3)cc1F. The van der Waals surface area contributed by atoms with Crippen molar-refractivity contribution >= 4 is 17.5 Å². The Kier molecular flexibility index (Phi) is 5.17. The molecule has 1 saturated heterocycles. The van der Waals surface area contributed by atoms with Crippen molar-refractivity contribution in [2.45, 2.75) is 32.2 Å². The third-order valence-electron chi connectivity index (χ3n) is 6.17. The Balaban J connectivity index is 1.36. The second kappa shape index (κ2) is 7.66. The molecule has 8 heteroatoms. The molecular formula is C22H22F3N3O2. The standard InChI is InChI=1S/C22H22F3N3O2/c23-15-2-1-14-10-22(11-19(29)16(14)9-15)3-5-28(6-4-22)21(30)27-12-13-7-17(24)20(26)18(25)8-13/h1-2,7-9H,3-6,10-12,26H2,(H,27,30). The topological polar surface area (TPSA) is 75.4 Å². The fourth-order valence-corrected chi connectivity index (χ4v) is 4.43. The van der Waals surface area contributed by atoms with Crippen LogP contribution >= 0.6 is 0 Å². The number of piperidine rings is 1. The number of hydrogen-bond acceptors (Lipinski definition) is 3. The first-order valence-electron chi connectivity index (χ1n) is 9.84. The number of fused-ring (bicyclic) bond motifs is 1. The van der Waals surface area contributed by atoms with Crippen molar-refractivity contribution in [2.24, 2.45) is 5.41 Å². The minimum atomic E-state index is -0.860. The monoisotopic (exact) mass is 417 g/mol. The number of Topliss-reactive ketones (excluding diaryl/α,β-unsaturated/α-hetero) is 1. The summed E-state index contributed by atoms with van der Waals surface area (Å²) in [6, 6.07) is 6.21. The number of carbonyl (C=O) groups is 2. The molecule has 0 bridgehead atoms. The summed E-state index contributed by atoms with van der Waals surface area (Å²) in [5.74, 6) is -2.19. The molecule has 5 nitrogen and oxygen atoms in total.